The zero-order valence-corrected chi connectivity index (χ0v) is 14.5. The first-order valence-corrected chi connectivity index (χ1v) is 8.04. The van der Waals surface area contributed by atoms with Crippen molar-refractivity contribution in [1.29, 1.82) is 0 Å². The van der Waals surface area contributed by atoms with Crippen molar-refractivity contribution in [2.75, 3.05) is 11.9 Å². The molecule has 2 aromatic rings. The van der Waals surface area contributed by atoms with Gasteiger partial charge >= 0.3 is 5.97 Å². The number of aryl methyl sites for hydroxylation is 1. The molecule has 0 heterocycles. The van der Waals surface area contributed by atoms with E-state index in [1.807, 2.05) is 19.1 Å². The van der Waals surface area contributed by atoms with E-state index >= 15 is 0 Å². The van der Waals surface area contributed by atoms with Crippen LogP contribution in [0.4, 0.5) is 5.69 Å². The van der Waals surface area contributed by atoms with Gasteiger partial charge in [0.1, 0.15) is 0 Å². The number of hydrogen-bond acceptors (Lipinski definition) is 4. The Morgan fingerprint density at radius 2 is 1.68 bits per heavy atom. The topological polar surface area (TPSA) is 72.5 Å². The third-order valence-electron chi connectivity index (χ3n) is 3.60. The number of hydrogen-bond donors (Lipinski definition) is 1. The molecule has 0 radical (unpaired) electrons. The second kappa shape index (κ2) is 8.24. The fourth-order valence-electron chi connectivity index (χ4n) is 2.05. The number of Topliss-reactive ketones (excluding diaryl/α,β-unsaturated/α-hetero) is 1. The van der Waals surface area contributed by atoms with Crippen molar-refractivity contribution in [3.63, 3.8) is 0 Å². The molecule has 0 atom stereocenters. The van der Waals surface area contributed by atoms with Gasteiger partial charge in [0.05, 0.1) is 5.56 Å². The maximum absolute atomic E-state index is 12.1. The summed E-state index contributed by atoms with van der Waals surface area (Å²) in [6.45, 7) is 5.16. The highest BCUT2D eigenvalue weighted by Crippen LogP contribution is 2.13. The highest BCUT2D eigenvalue weighted by molar-refractivity contribution is 6.00. The average molecular weight is 339 g/mol. The first-order chi connectivity index (χ1) is 11.9. The Hall–Kier alpha value is -2.95. The van der Waals surface area contributed by atoms with Crippen LogP contribution in [0.15, 0.2) is 48.5 Å². The standard InChI is InChI=1S/C20H21NO4/c1-13(2)19(23)21-17-6-4-5-16(11-17)20(24)25-12-18(22)15-9-7-14(3)8-10-15/h4-11,13H,12H2,1-3H3,(H,21,23). The number of carbonyl (C=O) groups excluding carboxylic acids is 3. The first-order valence-electron chi connectivity index (χ1n) is 8.04. The van der Waals surface area contributed by atoms with Crippen LogP contribution in [0.2, 0.25) is 0 Å². The molecular weight excluding hydrogens is 318 g/mol. The summed E-state index contributed by atoms with van der Waals surface area (Å²) in [4.78, 5) is 35.9. The molecule has 0 spiro atoms. The molecule has 0 aliphatic heterocycles. The van der Waals surface area contributed by atoms with Crippen LogP contribution in [-0.2, 0) is 9.53 Å². The van der Waals surface area contributed by atoms with Crippen LogP contribution in [0, 0.1) is 12.8 Å². The van der Waals surface area contributed by atoms with Crippen LogP contribution in [0.25, 0.3) is 0 Å². The van der Waals surface area contributed by atoms with Crippen LogP contribution >= 0.6 is 0 Å². The maximum Gasteiger partial charge on any atom is 0.338 e. The predicted octanol–water partition coefficient (Wildman–Crippen LogP) is 3.63. The number of nitrogens with one attached hydrogen (secondary N) is 1. The van der Waals surface area contributed by atoms with Crippen LogP contribution in [0.5, 0.6) is 0 Å². The average Bonchev–Trinajstić information content (AvgIpc) is 2.60. The molecule has 25 heavy (non-hydrogen) atoms. The summed E-state index contributed by atoms with van der Waals surface area (Å²) in [5, 5.41) is 2.72. The Morgan fingerprint density at radius 1 is 1.00 bits per heavy atom. The zero-order valence-electron chi connectivity index (χ0n) is 14.5. The smallest absolute Gasteiger partial charge is 0.338 e. The summed E-state index contributed by atoms with van der Waals surface area (Å²) in [6.07, 6.45) is 0. The van der Waals surface area contributed by atoms with Gasteiger partial charge in [0.2, 0.25) is 5.91 Å². The van der Waals surface area contributed by atoms with Crippen molar-refractivity contribution in [3.05, 3.63) is 65.2 Å². The zero-order chi connectivity index (χ0) is 18.4. The van der Waals surface area contributed by atoms with E-state index < -0.39 is 5.97 Å². The van der Waals surface area contributed by atoms with Crippen molar-refractivity contribution in [2.45, 2.75) is 20.8 Å². The minimum atomic E-state index is -0.610. The molecule has 0 bridgehead atoms. The van der Waals surface area contributed by atoms with E-state index in [-0.39, 0.29) is 29.8 Å². The van der Waals surface area contributed by atoms with Crippen molar-refractivity contribution >= 4 is 23.3 Å². The lowest BCUT2D eigenvalue weighted by molar-refractivity contribution is -0.118. The molecule has 130 valence electrons. The van der Waals surface area contributed by atoms with E-state index in [2.05, 4.69) is 5.32 Å². The van der Waals surface area contributed by atoms with Crippen LogP contribution in [-0.4, -0.2) is 24.3 Å². The second-order valence-corrected chi connectivity index (χ2v) is 6.09. The number of ketones is 1. The van der Waals surface area contributed by atoms with Gasteiger partial charge < -0.3 is 10.1 Å². The van der Waals surface area contributed by atoms with E-state index in [0.29, 0.717) is 11.3 Å². The minimum absolute atomic E-state index is 0.139. The molecule has 0 aliphatic rings. The number of amides is 1. The van der Waals surface area contributed by atoms with Crippen molar-refractivity contribution in [3.8, 4) is 0 Å². The Balaban J connectivity index is 1.97. The second-order valence-electron chi connectivity index (χ2n) is 6.09. The van der Waals surface area contributed by atoms with Gasteiger partial charge in [0.15, 0.2) is 12.4 Å². The highest BCUT2D eigenvalue weighted by Gasteiger charge is 2.13. The summed E-state index contributed by atoms with van der Waals surface area (Å²) in [7, 11) is 0. The molecule has 5 nitrogen and oxygen atoms in total. The van der Waals surface area contributed by atoms with Crippen molar-refractivity contribution < 1.29 is 19.1 Å². The highest BCUT2D eigenvalue weighted by atomic mass is 16.5. The lowest BCUT2D eigenvalue weighted by Crippen LogP contribution is -2.18. The largest absolute Gasteiger partial charge is 0.454 e. The molecule has 5 heteroatoms. The number of benzene rings is 2. The molecule has 0 unspecified atom stereocenters. The summed E-state index contributed by atoms with van der Waals surface area (Å²) in [5.74, 6) is -1.18. The lowest BCUT2D eigenvalue weighted by atomic mass is 10.1. The van der Waals surface area contributed by atoms with Gasteiger partial charge in [0.25, 0.3) is 0 Å². The first kappa shape index (κ1) is 18.4. The Morgan fingerprint density at radius 3 is 2.32 bits per heavy atom. The minimum Gasteiger partial charge on any atom is -0.454 e. The van der Waals surface area contributed by atoms with E-state index in [0.717, 1.165) is 5.56 Å². The van der Waals surface area contributed by atoms with E-state index in [1.165, 1.54) is 6.07 Å². The number of carbonyl (C=O) groups is 3. The van der Waals surface area contributed by atoms with Gasteiger partial charge in [-0.15, -0.1) is 0 Å². The molecule has 0 aromatic heterocycles. The molecular formula is C20H21NO4. The van der Waals surface area contributed by atoms with Crippen LogP contribution in [0.3, 0.4) is 0 Å². The summed E-state index contributed by atoms with van der Waals surface area (Å²) < 4.78 is 5.08. The van der Waals surface area contributed by atoms with E-state index in [1.54, 1.807) is 44.2 Å². The lowest BCUT2D eigenvalue weighted by Gasteiger charge is -2.09. The Kier molecular flexibility index (Phi) is 6.06. The molecule has 0 aliphatic carbocycles. The molecule has 0 saturated heterocycles. The van der Waals surface area contributed by atoms with E-state index in [9.17, 15) is 14.4 Å². The third-order valence-corrected chi connectivity index (χ3v) is 3.60. The molecule has 1 amide bonds. The van der Waals surface area contributed by atoms with E-state index in [4.69, 9.17) is 4.74 Å². The fourth-order valence-corrected chi connectivity index (χ4v) is 2.05. The van der Waals surface area contributed by atoms with Crippen LogP contribution in [0.1, 0.15) is 40.1 Å². The molecule has 2 rings (SSSR count). The quantitative estimate of drug-likeness (QED) is 0.644. The van der Waals surface area contributed by atoms with Gasteiger partial charge in [-0.1, -0.05) is 49.7 Å². The van der Waals surface area contributed by atoms with Gasteiger partial charge in [-0.3, -0.25) is 9.59 Å². The molecule has 2 aromatic carbocycles. The van der Waals surface area contributed by atoms with Gasteiger partial charge in [-0.2, -0.15) is 0 Å². The third kappa shape index (κ3) is 5.28. The molecule has 1 N–H and O–H groups in total. The molecule has 0 fully saturated rings. The normalized spacial score (nSPS) is 10.4. The maximum atomic E-state index is 12.1. The summed E-state index contributed by atoms with van der Waals surface area (Å²) in [5.41, 5.74) is 2.33. The Bertz CT molecular complexity index is 779. The van der Waals surface area contributed by atoms with Gasteiger partial charge in [-0.05, 0) is 25.1 Å². The monoisotopic (exact) mass is 339 g/mol. The fraction of sp³-hybridized carbons (Fsp3) is 0.250. The van der Waals surface area contributed by atoms with Crippen LogP contribution < -0.4 is 5.32 Å². The van der Waals surface area contributed by atoms with Crippen molar-refractivity contribution in [1.82, 2.24) is 0 Å². The van der Waals surface area contributed by atoms with Gasteiger partial charge in [0, 0.05) is 17.2 Å². The SMILES string of the molecule is Cc1ccc(C(=O)COC(=O)c2cccc(NC(=O)C(C)C)c2)cc1. The number of rotatable bonds is 6. The number of esters is 1. The number of anilines is 1. The number of ether oxygens (including phenoxy) is 1. The summed E-state index contributed by atoms with van der Waals surface area (Å²) in [6, 6.07) is 13.5. The van der Waals surface area contributed by atoms with Crippen molar-refractivity contribution in [2.24, 2.45) is 5.92 Å². The Labute approximate surface area is 147 Å². The predicted molar refractivity (Wildman–Crippen MR) is 95.7 cm³/mol. The van der Waals surface area contributed by atoms with Gasteiger partial charge in [-0.25, -0.2) is 4.79 Å². The summed E-state index contributed by atoms with van der Waals surface area (Å²) >= 11 is 0. The molecule has 0 saturated carbocycles.